The van der Waals surface area contributed by atoms with Crippen molar-refractivity contribution in [3.8, 4) is 6.07 Å². The van der Waals surface area contributed by atoms with Crippen molar-refractivity contribution in [2.45, 2.75) is 38.1 Å². The maximum absolute atomic E-state index is 9.14. The van der Waals surface area contributed by atoms with Crippen LogP contribution in [0, 0.1) is 11.3 Å². The van der Waals surface area contributed by atoms with E-state index in [1.807, 2.05) is 32.9 Å². The largest absolute Gasteiger partial charge is 0.468 e. The second kappa shape index (κ2) is 5.97. The van der Waals surface area contributed by atoms with Crippen molar-refractivity contribution in [1.82, 2.24) is 5.32 Å². The zero-order valence-corrected chi connectivity index (χ0v) is 10.8. The van der Waals surface area contributed by atoms with Gasteiger partial charge in [0, 0.05) is 11.8 Å². The quantitative estimate of drug-likeness (QED) is 0.828. The lowest BCUT2D eigenvalue weighted by atomic mass is 10.1. The lowest BCUT2D eigenvalue weighted by molar-refractivity contribution is 0.443. The third-order valence-corrected chi connectivity index (χ3v) is 3.34. The minimum Gasteiger partial charge on any atom is -0.468 e. The van der Waals surface area contributed by atoms with Gasteiger partial charge in [0.15, 0.2) is 0 Å². The lowest BCUT2D eigenvalue weighted by Gasteiger charge is -2.25. The summed E-state index contributed by atoms with van der Waals surface area (Å²) in [5.74, 6) is 2.52. The van der Waals surface area contributed by atoms with E-state index in [1.165, 1.54) is 0 Å². The van der Waals surface area contributed by atoms with Gasteiger partial charge in [0.1, 0.15) is 11.3 Å². The van der Waals surface area contributed by atoms with E-state index in [2.05, 4.69) is 11.4 Å². The average molecular weight is 238 g/mol. The monoisotopic (exact) mass is 238 g/mol. The topological polar surface area (TPSA) is 49.0 Å². The highest BCUT2D eigenvalue weighted by atomic mass is 32.2. The molecule has 4 heteroatoms. The number of rotatable bonds is 6. The molecule has 1 unspecified atom stereocenters. The van der Waals surface area contributed by atoms with E-state index in [0.29, 0.717) is 6.04 Å². The van der Waals surface area contributed by atoms with Crippen LogP contribution in [0.4, 0.5) is 0 Å². The van der Waals surface area contributed by atoms with Gasteiger partial charge in [-0.25, -0.2) is 0 Å². The molecule has 0 aromatic carbocycles. The Balaban J connectivity index is 2.37. The Morgan fingerprint density at radius 2 is 2.38 bits per heavy atom. The molecule has 0 amide bonds. The standard InChI is InChI=1S/C12H18N2OS/c1-10(2)14-12(3,8-13)9-16-7-11-5-4-6-15-11/h4-6,10,14H,7,9H2,1-3H3. The van der Waals surface area contributed by atoms with Crippen molar-refractivity contribution in [3.63, 3.8) is 0 Å². The molecule has 0 aliphatic heterocycles. The number of nitrogens with one attached hydrogen (secondary N) is 1. The van der Waals surface area contributed by atoms with E-state index < -0.39 is 5.54 Å². The van der Waals surface area contributed by atoms with Crippen LogP contribution in [0.3, 0.4) is 0 Å². The van der Waals surface area contributed by atoms with Crippen LogP contribution < -0.4 is 5.32 Å². The number of thioether (sulfide) groups is 1. The Kier molecular flexibility index (Phi) is 4.91. The zero-order chi connectivity index (χ0) is 12.0. The minimum absolute atomic E-state index is 0.314. The summed E-state index contributed by atoms with van der Waals surface area (Å²) in [6, 6.07) is 6.47. The Morgan fingerprint density at radius 1 is 1.62 bits per heavy atom. The Morgan fingerprint density at radius 3 is 2.88 bits per heavy atom. The van der Waals surface area contributed by atoms with Crippen LogP contribution in [0.5, 0.6) is 0 Å². The average Bonchev–Trinajstić information content (AvgIpc) is 2.69. The summed E-state index contributed by atoms with van der Waals surface area (Å²) in [5, 5.41) is 12.4. The molecule has 1 heterocycles. The fraction of sp³-hybridized carbons (Fsp3) is 0.583. The normalized spacial score (nSPS) is 14.7. The van der Waals surface area contributed by atoms with Gasteiger partial charge in [0.2, 0.25) is 0 Å². The van der Waals surface area contributed by atoms with Gasteiger partial charge >= 0.3 is 0 Å². The molecule has 0 bridgehead atoms. The van der Waals surface area contributed by atoms with E-state index in [1.54, 1.807) is 18.0 Å². The maximum Gasteiger partial charge on any atom is 0.113 e. The molecule has 0 radical (unpaired) electrons. The number of nitriles is 1. The third-order valence-electron chi connectivity index (χ3n) is 2.07. The molecule has 0 aliphatic carbocycles. The van der Waals surface area contributed by atoms with Crippen LogP contribution in [0.2, 0.25) is 0 Å². The first-order valence-electron chi connectivity index (χ1n) is 5.35. The molecule has 1 aromatic rings. The molecule has 0 spiro atoms. The first kappa shape index (κ1) is 13.1. The third kappa shape index (κ3) is 4.30. The molecular formula is C12H18N2OS. The summed E-state index contributed by atoms with van der Waals surface area (Å²) < 4.78 is 5.24. The van der Waals surface area contributed by atoms with Gasteiger partial charge in [-0.2, -0.15) is 17.0 Å². The molecule has 0 fully saturated rings. The van der Waals surface area contributed by atoms with Crippen molar-refractivity contribution in [2.75, 3.05) is 5.75 Å². The SMILES string of the molecule is CC(C)NC(C)(C#N)CSCc1ccco1. The number of nitrogens with zero attached hydrogens (tertiary/aromatic N) is 1. The number of furan rings is 1. The molecular weight excluding hydrogens is 220 g/mol. The molecule has 16 heavy (non-hydrogen) atoms. The van der Waals surface area contributed by atoms with Gasteiger partial charge in [-0.15, -0.1) is 0 Å². The molecule has 1 rings (SSSR count). The van der Waals surface area contributed by atoms with Gasteiger partial charge in [-0.05, 0) is 32.9 Å². The lowest BCUT2D eigenvalue weighted by Crippen LogP contribution is -2.47. The van der Waals surface area contributed by atoms with Gasteiger partial charge in [-0.1, -0.05) is 0 Å². The second-order valence-electron chi connectivity index (χ2n) is 4.32. The molecule has 3 nitrogen and oxygen atoms in total. The van der Waals surface area contributed by atoms with Crippen molar-refractivity contribution in [2.24, 2.45) is 0 Å². The Hall–Kier alpha value is -0.920. The molecule has 0 saturated heterocycles. The Bertz CT molecular complexity index is 342. The first-order valence-corrected chi connectivity index (χ1v) is 6.50. The van der Waals surface area contributed by atoms with Crippen molar-refractivity contribution in [3.05, 3.63) is 24.2 Å². The highest BCUT2D eigenvalue weighted by Gasteiger charge is 2.24. The van der Waals surface area contributed by atoms with E-state index in [9.17, 15) is 0 Å². The highest BCUT2D eigenvalue weighted by molar-refractivity contribution is 7.98. The molecule has 0 saturated carbocycles. The predicted molar refractivity (Wildman–Crippen MR) is 67.2 cm³/mol. The molecule has 88 valence electrons. The van der Waals surface area contributed by atoms with E-state index in [-0.39, 0.29) is 0 Å². The summed E-state index contributed by atoms with van der Waals surface area (Å²) in [7, 11) is 0. The van der Waals surface area contributed by atoms with Crippen LogP contribution in [0.25, 0.3) is 0 Å². The summed E-state index contributed by atoms with van der Waals surface area (Å²) in [5.41, 5.74) is -0.467. The molecule has 0 aliphatic rings. The predicted octanol–water partition coefficient (Wildman–Crippen LogP) is 2.79. The van der Waals surface area contributed by atoms with Crippen LogP contribution in [-0.4, -0.2) is 17.3 Å². The van der Waals surface area contributed by atoms with Gasteiger partial charge in [0.05, 0.1) is 18.1 Å². The van der Waals surface area contributed by atoms with E-state index >= 15 is 0 Å². The molecule has 1 atom stereocenters. The van der Waals surface area contributed by atoms with Gasteiger partial charge < -0.3 is 4.42 Å². The minimum atomic E-state index is -0.467. The summed E-state index contributed by atoms with van der Waals surface area (Å²) in [6.45, 7) is 6.03. The summed E-state index contributed by atoms with van der Waals surface area (Å²) in [6.07, 6.45) is 1.67. The van der Waals surface area contributed by atoms with E-state index in [4.69, 9.17) is 9.68 Å². The fourth-order valence-electron chi connectivity index (χ4n) is 1.49. The maximum atomic E-state index is 9.14. The smallest absolute Gasteiger partial charge is 0.113 e. The fourth-order valence-corrected chi connectivity index (χ4v) is 2.52. The van der Waals surface area contributed by atoms with Crippen LogP contribution in [0.1, 0.15) is 26.5 Å². The zero-order valence-electron chi connectivity index (χ0n) is 9.99. The first-order chi connectivity index (χ1) is 7.56. The Labute approximate surface area is 101 Å². The second-order valence-corrected chi connectivity index (χ2v) is 5.30. The van der Waals surface area contributed by atoms with Crippen LogP contribution in [-0.2, 0) is 5.75 Å². The highest BCUT2D eigenvalue weighted by Crippen LogP contribution is 2.18. The summed E-state index contributed by atoms with van der Waals surface area (Å²) in [4.78, 5) is 0. The van der Waals surface area contributed by atoms with Crippen LogP contribution in [0.15, 0.2) is 22.8 Å². The molecule has 1 N–H and O–H groups in total. The van der Waals surface area contributed by atoms with Crippen molar-refractivity contribution < 1.29 is 4.42 Å². The van der Waals surface area contributed by atoms with Gasteiger partial charge in [-0.3, -0.25) is 5.32 Å². The summed E-state index contributed by atoms with van der Waals surface area (Å²) >= 11 is 1.71. The van der Waals surface area contributed by atoms with Crippen molar-refractivity contribution >= 4 is 11.8 Å². The number of hydrogen-bond donors (Lipinski definition) is 1. The van der Waals surface area contributed by atoms with Crippen molar-refractivity contribution in [1.29, 1.82) is 5.26 Å². The van der Waals surface area contributed by atoms with Gasteiger partial charge in [0.25, 0.3) is 0 Å². The molecule has 1 aromatic heterocycles. The number of hydrogen-bond acceptors (Lipinski definition) is 4. The van der Waals surface area contributed by atoms with Crippen LogP contribution >= 0.6 is 11.8 Å². The van der Waals surface area contributed by atoms with E-state index in [0.717, 1.165) is 17.3 Å².